The van der Waals surface area contributed by atoms with E-state index in [9.17, 15) is 4.79 Å². The van der Waals surface area contributed by atoms with Crippen LogP contribution in [0, 0.1) is 0 Å². The first kappa shape index (κ1) is 11.9. The highest BCUT2D eigenvalue weighted by atomic mass is 16.2. The molecule has 2 rings (SSSR count). The molecule has 2 aliphatic rings. The van der Waals surface area contributed by atoms with E-state index in [0.29, 0.717) is 18.0 Å². The molecule has 2 saturated heterocycles. The Morgan fingerprint density at radius 2 is 1.75 bits per heavy atom. The third-order valence-corrected chi connectivity index (χ3v) is 4.06. The summed E-state index contributed by atoms with van der Waals surface area (Å²) in [5.41, 5.74) is 0. The van der Waals surface area contributed by atoms with Crippen LogP contribution in [0.5, 0.6) is 0 Å². The van der Waals surface area contributed by atoms with Gasteiger partial charge >= 0.3 is 0 Å². The van der Waals surface area contributed by atoms with E-state index < -0.39 is 0 Å². The maximum Gasteiger partial charge on any atom is 0.240 e. The third-order valence-electron chi connectivity index (χ3n) is 4.06. The summed E-state index contributed by atoms with van der Waals surface area (Å²) in [6, 6.07) is 0.955. The van der Waals surface area contributed by atoms with Crippen molar-refractivity contribution in [1.82, 2.24) is 10.2 Å². The molecular weight excluding hydrogens is 200 g/mol. The number of nitrogens with one attached hydrogen (secondary N) is 1. The fourth-order valence-electron chi connectivity index (χ4n) is 3.10. The molecular formula is C13H24N2O. The average Bonchev–Trinajstić information content (AvgIpc) is 2.30. The molecule has 2 aliphatic heterocycles. The summed E-state index contributed by atoms with van der Waals surface area (Å²) >= 11 is 0. The van der Waals surface area contributed by atoms with E-state index in [1.807, 2.05) is 0 Å². The van der Waals surface area contributed by atoms with Crippen molar-refractivity contribution >= 4 is 5.91 Å². The number of carbonyl (C=O) groups excluding carboxylic acids is 1. The lowest BCUT2D eigenvalue weighted by Gasteiger charge is -2.41. The van der Waals surface area contributed by atoms with Crippen molar-refractivity contribution in [3.05, 3.63) is 0 Å². The van der Waals surface area contributed by atoms with Crippen LogP contribution >= 0.6 is 0 Å². The highest BCUT2D eigenvalue weighted by molar-refractivity contribution is 5.82. The van der Waals surface area contributed by atoms with Gasteiger partial charge in [0.15, 0.2) is 0 Å². The summed E-state index contributed by atoms with van der Waals surface area (Å²) in [5.74, 6) is 0.347. The molecule has 0 aromatic rings. The zero-order valence-electron chi connectivity index (χ0n) is 10.5. The van der Waals surface area contributed by atoms with Gasteiger partial charge in [0.25, 0.3) is 0 Å². The van der Waals surface area contributed by atoms with Crippen LogP contribution in [0.2, 0.25) is 0 Å². The molecule has 92 valence electrons. The standard InChI is InChI=1S/C13H24N2O/c1-10-6-5-7-11(2)15(10)13(16)12-8-3-4-9-14-12/h10-12,14H,3-9H2,1-2H3/t10-,11+,12-/m1/s1. The molecule has 0 aromatic heterocycles. The summed E-state index contributed by atoms with van der Waals surface area (Å²) < 4.78 is 0. The number of carbonyl (C=O) groups is 1. The van der Waals surface area contributed by atoms with Crippen molar-refractivity contribution in [1.29, 1.82) is 0 Å². The first-order valence-corrected chi connectivity index (χ1v) is 6.75. The minimum Gasteiger partial charge on any atom is -0.336 e. The van der Waals surface area contributed by atoms with E-state index in [1.165, 1.54) is 32.1 Å². The highest BCUT2D eigenvalue weighted by Gasteiger charge is 2.33. The maximum atomic E-state index is 12.4. The summed E-state index contributed by atoms with van der Waals surface area (Å²) in [7, 11) is 0. The lowest BCUT2D eigenvalue weighted by Crippen LogP contribution is -2.55. The molecule has 16 heavy (non-hydrogen) atoms. The Bertz CT molecular complexity index is 238. The number of rotatable bonds is 1. The van der Waals surface area contributed by atoms with E-state index in [0.717, 1.165) is 13.0 Å². The van der Waals surface area contributed by atoms with Crippen LogP contribution in [0.1, 0.15) is 52.4 Å². The molecule has 3 heteroatoms. The van der Waals surface area contributed by atoms with Gasteiger partial charge in [0, 0.05) is 12.1 Å². The maximum absolute atomic E-state index is 12.4. The number of piperidine rings is 2. The van der Waals surface area contributed by atoms with Gasteiger partial charge in [-0.3, -0.25) is 4.79 Å². The first-order valence-electron chi connectivity index (χ1n) is 6.75. The van der Waals surface area contributed by atoms with Crippen LogP contribution in [0.3, 0.4) is 0 Å². The Labute approximate surface area is 98.6 Å². The molecule has 3 atom stereocenters. The van der Waals surface area contributed by atoms with E-state index in [1.54, 1.807) is 0 Å². The second kappa shape index (κ2) is 5.17. The molecule has 2 fully saturated rings. The van der Waals surface area contributed by atoms with Crippen molar-refractivity contribution in [2.24, 2.45) is 0 Å². The molecule has 0 bridgehead atoms. The number of amides is 1. The van der Waals surface area contributed by atoms with Crippen LogP contribution in [-0.4, -0.2) is 35.5 Å². The van der Waals surface area contributed by atoms with Crippen molar-refractivity contribution in [3.63, 3.8) is 0 Å². The summed E-state index contributed by atoms with van der Waals surface area (Å²) in [4.78, 5) is 14.6. The molecule has 1 N–H and O–H groups in total. The smallest absolute Gasteiger partial charge is 0.240 e. The van der Waals surface area contributed by atoms with E-state index in [-0.39, 0.29) is 6.04 Å². The predicted octanol–water partition coefficient (Wildman–Crippen LogP) is 1.92. The second-order valence-electron chi connectivity index (χ2n) is 5.38. The fourth-order valence-corrected chi connectivity index (χ4v) is 3.10. The van der Waals surface area contributed by atoms with E-state index in [2.05, 4.69) is 24.1 Å². The van der Waals surface area contributed by atoms with Crippen LogP contribution in [0.25, 0.3) is 0 Å². The van der Waals surface area contributed by atoms with Crippen molar-refractivity contribution in [2.75, 3.05) is 6.54 Å². The molecule has 0 aliphatic carbocycles. The summed E-state index contributed by atoms with van der Waals surface area (Å²) in [6.07, 6.45) is 7.04. The highest BCUT2D eigenvalue weighted by Crippen LogP contribution is 2.24. The Hall–Kier alpha value is -0.570. The van der Waals surface area contributed by atoms with Crippen molar-refractivity contribution < 1.29 is 4.79 Å². The van der Waals surface area contributed by atoms with E-state index >= 15 is 0 Å². The third kappa shape index (κ3) is 2.40. The minimum absolute atomic E-state index is 0.0942. The number of hydrogen-bond donors (Lipinski definition) is 1. The Morgan fingerprint density at radius 3 is 2.31 bits per heavy atom. The molecule has 0 spiro atoms. The largest absolute Gasteiger partial charge is 0.336 e. The quantitative estimate of drug-likeness (QED) is 0.738. The topological polar surface area (TPSA) is 32.3 Å². The lowest BCUT2D eigenvalue weighted by atomic mass is 9.95. The second-order valence-corrected chi connectivity index (χ2v) is 5.38. The van der Waals surface area contributed by atoms with Crippen molar-refractivity contribution in [3.8, 4) is 0 Å². The van der Waals surface area contributed by atoms with Gasteiger partial charge in [-0.1, -0.05) is 6.42 Å². The predicted molar refractivity (Wildman–Crippen MR) is 65.3 cm³/mol. The normalized spacial score (nSPS) is 36.1. The molecule has 0 saturated carbocycles. The Balaban J connectivity index is 2.00. The van der Waals surface area contributed by atoms with Gasteiger partial charge in [-0.15, -0.1) is 0 Å². The first-order chi connectivity index (χ1) is 7.70. The molecule has 0 radical (unpaired) electrons. The van der Waals surface area contributed by atoms with Gasteiger partial charge in [0.05, 0.1) is 6.04 Å². The monoisotopic (exact) mass is 224 g/mol. The van der Waals surface area contributed by atoms with Gasteiger partial charge in [-0.25, -0.2) is 0 Å². The van der Waals surface area contributed by atoms with Gasteiger partial charge in [-0.2, -0.15) is 0 Å². The summed E-state index contributed by atoms with van der Waals surface area (Å²) in [6.45, 7) is 5.39. The zero-order valence-corrected chi connectivity index (χ0v) is 10.5. The molecule has 0 aromatic carbocycles. The number of hydrogen-bond acceptors (Lipinski definition) is 2. The van der Waals surface area contributed by atoms with Gasteiger partial charge < -0.3 is 10.2 Å². The molecule has 0 unspecified atom stereocenters. The van der Waals surface area contributed by atoms with Crippen LogP contribution < -0.4 is 5.32 Å². The van der Waals surface area contributed by atoms with E-state index in [4.69, 9.17) is 0 Å². The Morgan fingerprint density at radius 1 is 1.06 bits per heavy atom. The molecule has 3 nitrogen and oxygen atoms in total. The lowest BCUT2D eigenvalue weighted by molar-refractivity contribution is -0.140. The zero-order chi connectivity index (χ0) is 11.5. The minimum atomic E-state index is 0.0942. The number of nitrogens with zero attached hydrogens (tertiary/aromatic N) is 1. The Kier molecular flexibility index (Phi) is 3.85. The SMILES string of the molecule is C[C@@H]1CCC[C@H](C)N1C(=O)[C@H]1CCCCN1. The molecule has 2 heterocycles. The van der Waals surface area contributed by atoms with Gasteiger partial charge in [0.2, 0.25) is 5.91 Å². The summed E-state index contributed by atoms with van der Waals surface area (Å²) in [5, 5.41) is 3.37. The molecule has 1 amide bonds. The van der Waals surface area contributed by atoms with Gasteiger partial charge in [-0.05, 0) is 52.5 Å². The van der Waals surface area contributed by atoms with Crippen LogP contribution in [0.4, 0.5) is 0 Å². The van der Waals surface area contributed by atoms with Crippen LogP contribution in [0.15, 0.2) is 0 Å². The average molecular weight is 224 g/mol. The van der Waals surface area contributed by atoms with Crippen LogP contribution in [-0.2, 0) is 4.79 Å². The van der Waals surface area contributed by atoms with Gasteiger partial charge in [0.1, 0.15) is 0 Å². The van der Waals surface area contributed by atoms with Crippen molar-refractivity contribution in [2.45, 2.75) is 70.5 Å². The fraction of sp³-hybridized carbons (Fsp3) is 0.923. The number of likely N-dealkylation sites (tertiary alicyclic amines) is 1.